The van der Waals surface area contributed by atoms with E-state index in [-0.39, 0.29) is 5.91 Å². The first kappa shape index (κ1) is 18.6. The highest BCUT2D eigenvalue weighted by molar-refractivity contribution is 8.00. The van der Waals surface area contributed by atoms with Crippen LogP contribution in [0.1, 0.15) is 10.4 Å². The molecule has 8 nitrogen and oxygen atoms in total. The molecular weight excluding hydrogens is 370 g/mol. The van der Waals surface area contributed by atoms with Gasteiger partial charge >= 0.3 is 10.2 Å². The first-order chi connectivity index (χ1) is 11.3. The van der Waals surface area contributed by atoms with Crippen molar-refractivity contribution in [2.24, 2.45) is 0 Å². The van der Waals surface area contributed by atoms with Crippen molar-refractivity contribution in [2.45, 2.75) is 4.34 Å². The average Bonchev–Trinajstić information content (AvgIpc) is 3.01. The normalized spacial score (nSPS) is 11.5. The summed E-state index contributed by atoms with van der Waals surface area (Å²) in [5.41, 5.74) is 0.858. The van der Waals surface area contributed by atoms with Gasteiger partial charge in [-0.2, -0.15) is 12.7 Å². The van der Waals surface area contributed by atoms with Gasteiger partial charge in [-0.25, -0.2) is 0 Å². The summed E-state index contributed by atoms with van der Waals surface area (Å²) in [4.78, 5) is 12.2. The second kappa shape index (κ2) is 7.47. The summed E-state index contributed by atoms with van der Waals surface area (Å²) >= 11 is 2.74. The molecule has 0 fully saturated rings. The van der Waals surface area contributed by atoms with Crippen molar-refractivity contribution in [1.82, 2.24) is 14.5 Å². The van der Waals surface area contributed by atoms with E-state index in [1.54, 1.807) is 24.3 Å². The van der Waals surface area contributed by atoms with Crippen molar-refractivity contribution < 1.29 is 13.2 Å². The molecule has 1 aromatic heterocycles. The van der Waals surface area contributed by atoms with E-state index in [9.17, 15) is 13.2 Å². The molecule has 2 aromatic rings. The Morgan fingerprint density at radius 2 is 1.79 bits per heavy atom. The predicted molar refractivity (Wildman–Crippen MR) is 97.1 cm³/mol. The maximum absolute atomic E-state index is 12.2. The highest BCUT2D eigenvalue weighted by Gasteiger charge is 2.21. The Morgan fingerprint density at radius 3 is 2.29 bits per heavy atom. The molecule has 130 valence electrons. The Bertz CT molecular complexity index is 818. The molecule has 0 aliphatic heterocycles. The first-order valence-corrected chi connectivity index (χ1v) is 10.1. The number of carbonyl (C=O) groups excluding carboxylic acids is 1. The molecule has 2 rings (SSSR count). The highest BCUT2D eigenvalue weighted by atomic mass is 32.2. The van der Waals surface area contributed by atoms with Crippen molar-refractivity contribution in [2.75, 3.05) is 37.0 Å². The number of hydrogen-bond acceptors (Lipinski definition) is 7. The third kappa shape index (κ3) is 4.04. The lowest BCUT2D eigenvalue weighted by molar-refractivity contribution is 0.102. The Balaban J connectivity index is 2.12. The van der Waals surface area contributed by atoms with Crippen LogP contribution >= 0.6 is 23.1 Å². The molecule has 0 aliphatic rings. The van der Waals surface area contributed by atoms with E-state index in [0.29, 0.717) is 16.4 Å². The number of amides is 1. The SMILES string of the molecule is CSc1nnc(NC(=O)c2ccc(N(C)S(=O)(=O)N(C)C)cc2)s1. The maximum atomic E-state index is 12.2. The minimum Gasteiger partial charge on any atom is -0.296 e. The van der Waals surface area contributed by atoms with Crippen LogP contribution in [0, 0.1) is 0 Å². The molecule has 11 heteroatoms. The molecular formula is C13H17N5O3S3. The van der Waals surface area contributed by atoms with E-state index >= 15 is 0 Å². The van der Waals surface area contributed by atoms with Gasteiger partial charge in [0.15, 0.2) is 4.34 Å². The quantitative estimate of drug-likeness (QED) is 0.599. The van der Waals surface area contributed by atoms with Crippen LogP contribution < -0.4 is 9.62 Å². The lowest BCUT2D eigenvalue weighted by atomic mass is 10.2. The zero-order valence-corrected chi connectivity index (χ0v) is 16.0. The van der Waals surface area contributed by atoms with E-state index in [1.807, 2.05) is 6.26 Å². The van der Waals surface area contributed by atoms with E-state index in [0.717, 1.165) is 13.0 Å². The van der Waals surface area contributed by atoms with Crippen LogP contribution in [-0.2, 0) is 10.2 Å². The Labute approximate surface area is 149 Å². The summed E-state index contributed by atoms with van der Waals surface area (Å²) in [5.74, 6) is -0.330. The van der Waals surface area contributed by atoms with E-state index < -0.39 is 10.2 Å². The summed E-state index contributed by atoms with van der Waals surface area (Å²) in [6.45, 7) is 0. The third-order valence-electron chi connectivity index (χ3n) is 3.10. The summed E-state index contributed by atoms with van der Waals surface area (Å²) in [7, 11) is 0.803. The summed E-state index contributed by atoms with van der Waals surface area (Å²) in [6.07, 6.45) is 1.88. The lowest BCUT2D eigenvalue weighted by Crippen LogP contribution is -2.37. The second-order valence-corrected chi connectivity index (χ2v) is 9.04. The smallest absolute Gasteiger partial charge is 0.296 e. The second-order valence-electron chi connectivity index (χ2n) is 4.84. The summed E-state index contributed by atoms with van der Waals surface area (Å²) in [5, 5.41) is 10.9. The fourth-order valence-electron chi connectivity index (χ4n) is 1.71. The van der Waals surface area contributed by atoms with Gasteiger partial charge < -0.3 is 0 Å². The van der Waals surface area contributed by atoms with Gasteiger partial charge in [-0.15, -0.1) is 10.2 Å². The number of aromatic nitrogens is 2. The zero-order valence-electron chi connectivity index (χ0n) is 13.5. The molecule has 0 saturated heterocycles. The molecule has 0 spiro atoms. The predicted octanol–water partition coefficient (Wildman–Crippen LogP) is 1.75. The number of anilines is 2. The Kier molecular flexibility index (Phi) is 5.80. The van der Waals surface area contributed by atoms with E-state index in [1.165, 1.54) is 44.2 Å². The van der Waals surface area contributed by atoms with Crippen molar-refractivity contribution in [3.63, 3.8) is 0 Å². The molecule has 0 bridgehead atoms. The number of rotatable bonds is 6. The molecule has 1 amide bonds. The lowest BCUT2D eigenvalue weighted by Gasteiger charge is -2.23. The Morgan fingerprint density at radius 1 is 1.17 bits per heavy atom. The van der Waals surface area contributed by atoms with Crippen molar-refractivity contribution >= 4 is 50.0 Å². The molecule has 0 atom stereocenters. The molecule has 0 radical (unpaired) electrons. The molecule has 1 heterocycles. The standard InChI is InChI=1S/C13H17N5O3S3/c1-17(2)24(20,21)18(3)10-7-5-9(6-8-10)11(19)14-12-15-16-13(22-4)23-12/h5-8H,1-4H3,(H,14,15,19). The first-order valence-electron chi connectivity index (χ1n) is 6.71. The number of thioether (sulfide) groups is 1. The highest BCUT2D eigenvalue weighted by Crippen LogP contribution is 2.24. The molecule has 0 saturated carbocycles. The van der Waals surface area contributed by atoms with Gasteiger partial charge in [0.25, 0.3) is 5.91 Å². The molecule has 24 heavy (non-hydrogen) atoms. The van der Waals surface area contributed by atoms with Crippen LogP contribution in [0.3, 0.4) is 0 Å². The minimum atomic E-state index is -3.56. The maximum Gasteiger partial charge on any atom is 0.303 e. The summed E-state index contributed by atoms with van der Waals surface area (Å²) < 4.78 is 27.2. The molecule has 1 aromatic carbocycles. The van der Waals surface area contributed by atoms with Gasteiger partial charge in [0, 0.05) is 26.7 Å². The number of hydrogen-bond donors (Lipinski definition) is 1. The van der Waals surface area contributed by atoms with Crippen LogP contribution in [0.2, 0.25) is 0 Å². The zero-order chi connectivity index (χ0) is 17.9. The van der Waals surface area contributed by atoms with Crippen LogP contribution in [0.25, 0.3) is 0 Å². The molecule has 1 N–H and O–H groups in total. The number of nitrogens with zero attached hydrogens (tertiary/aromatic N) is 4. The summed E-state index contributed by atoms with van der Waals surface area (Å²) in [6, 6.07) is 6.26. The van der Waals surface area contributed by atoms with Crippen molar-refractivity contribution in [3.8, 4) is 0 Å². The van der Waals surface area contributed by atoms with Crippen LogP contribution in [0.15, 0.2) is 28.6 Å². The van der Waals surface area contributed by atoms with Crippen LogP contribution in [-0.4, -0.2) is 56.2 Å². The van der Waals surface area contributed by atoms with Crippen LogP contribution in [0.5, 0.6) is 0 Å². The van der Waals surface area contributed by atoms with Crippen molar-refractivity contribution in [1.29, 1.82) is 0 Å². The molecule has 0 aliphatic carbocycles. The third-order valence-corrected chi connectivity index (χ3v) is 6.74. The van der Waals surface area contributed by atoms with Gasteiger partial charge in [0.05, 0.1) is 5.69 Å². The molecule has 0 unspecified atom stereocenters. The number of benzene rings is 1. The topological polar surface area (TPSA) is 95.5 Å². The van der Waals surface area contributed by atoms with Crippen LogP contribution in [0.4, 0.5) is 10.8 Å². The van der Waals surface area contributed by atoms with Gasteiger partial charge in [-0.1, -0.05) is 23.1 Å². The van der Waals surface area contributed by atoms with Crippen molar-refractivity contribution in [3.05, 3.63) is 29.8 Å². The fourth-order valence-corrected chi connectivity index (χ4v) is 3.76. The Hall–Kier alpha value is -1.69. The number of carbonyl (C=O) groups is 1. The van der Waals surface area contributed by atoms with Gasteiger partial charge in [-0.3, -0.25) is 14.4 Å². The number of nitrogens with one attached hydrogen (secondary N) is 1. The van der Waals surface area contributed by atoms with Gasteiger partial charge in [0.2, 0.25) is 5.13 Å². The van der Waals surface area contributed by atoms with E-state index in [2.05, 4.69) is 15.5 Å². The fraction of sp³-hybridized carbons (Fsp3) is 0.308. The minimum absolute atomic E-state index is 0.330. The average molecular weight is 388 g/mol. The monoisotopic (exact) mass is 387 g/mol. The van der Waals surface area contributed by atoms with Gasteiger partial charge in [-0.05, 0) is 30.5 Å². The largest absolute Gasteiger partial charge is 0.303 e. The van der Waals surface area contributed by atoms with E-state index in [4.69, 9.17) is 0 Å². The van der Waals surface area contributed by atoms with Gasteiger partial charge in [0.1, 0.15) is 0 Å².